The molecule has 2 rings (SSSR count). The standard InChI is InChI=1S/C23H17BrCl3F7N2O2/c1-10(21(38)36(2)9-22(29,30)31)35-20(37)13-4-3-11(5-15(13)24)18(28)8-14(23(32,33)34)12-6-16(25)19(27)17(26)7-12/h3-8,10,14H,9H2,1-2H3,(H,35,37)/b18-8-/t10-,14?/m1/s1. The Bertz CT molecular complexity index is 1230. The van der Waals surface area contributed by atoms with Crippen LogP contribution in [0.5, 0.6) is 0 Å². The van der Waals surface area contributed by atoms with E-state index in [1.165, 1.54) is 6.92 Å². The molecule has 2 atom stereocenters. The number of carbonyl (C=O) groups is 2. The van der Waals surface area contributed by atoms with Gasteiger partial charge in [0, 0.05) is 17.1 Å². The van der Waals surface area contributed by atoms with Gasteiger partial charge in [0.1, 0.15) is 24.3 Å². The van der Waals surface area contributed by atoms with E-state index in [9.17, 15) is 40.3 Å². The van der Waals surface area contributed by atoms with Gasteiger partial charge in [0.15, 0.2) is 0 Å². The van der Waals surface area contributed by atoms with E-state index in [2.05, 4.69) is 21.2 Å². The molecular weight excluding hydrogens is 656 g/mol. The van der Waals surface area contributed by atoms with Crippen LogP contribution in [-0.4, -0.2) is 48.7 Å². The molecule has 2 aromatic carbocycles. The fourth-order valence-corrected chi connectivity index (χ4v) is 4.41. The fourth-order valence-electron chi connectivity index (χ4n) is 3.24. The Morgan fingerprint density at radius 2 is 1.61 bits per heavy atom. The minimum atomic E-state index is -4.93. The highest BCUT2D eigenvalue weighted by atomic mass is 79.9. The Morgan fingerprint density at radius 3 is 2.08 bits per heavy atom. The van der Waals surface area contributed by atoms with Crippen LogP contribution in [0.25, 0.3) is 5.83 Å². The highest BCUT2D eigenvalue weighted by Crippen LogP contribution is 2.42. The Kier molecular flexibility index (Phi) is 10.5. The summed E-state index contributed by atoms with van der Waals surface area (Å²) >= 11 is 20.4. The van der Waals surface area contributed by atoms with Crippen LogP contribution in [-0.2, 0) is 4.79 Å². The number of rotatable bonds is 7. The molecule has 15 heteroatoms. The zero-order valence-corrected chi connectivity index (χ0v) is 23.1. The molecule has 0 spiro atoms. The number of nitrogens with zero attached hydrogens (tertiary/aromatic N) is 1. The van der Waals surface area contributed by atoms with Crippen molar-refractivity contribution >= 4 is 68.4 Å². The average Bonchev–Trinajstić information content (AvgIpc) is 2.77. The van der Waals surface area contributed by atoms with Crippen LogP contribution in [0.4, 0.5) is 30.7 Å². The van der Waals surface area contributed by atoms with Gasteiger partial charge in [-0.1, -0.05) is 40.9 Å². The number of allylic oxidation sites excluding steroid dienone is 1. The molecule has 208 valence electrons. The molecule has 0 radical (unpaired) electrons. The SMILES string of the molecule is C[C@@H](NC(=O)c1ccc(/C(F)=C/C(c2cc(Cl)c(Cl)c(Cl)c2)C(F)(F)F)cc1Br)C(=O)N(C)CC(F)(F)F. The number of likely N-dealkylation sites (N-methyl/N-ethyl adjacent to an activating group) is 1. The quantitative estimate of drug-likeness (QED) is 0.238. The Hall–Kier alpha value is -2.02. The summed E-state index contributed by atoms with van der Waals surface area (Å²) in [6.07, 6.45) is -9.27. The predicted octanol–water partition coefficient (Wildman–Crippen LogP) is 8.20. The molecule has 0 aliphatic carbocycles. The van der Waals surface area contributed by atoms with E-state index in [0.29, 0.717) is 11.0 Å². The lowest BCUT2D eigenvalue weighted by Crippen LogP contribution is -2.48. The number of hydrogen-bond donors (Lipinski definition) is 1. The third kappa shape index (κ3) is 8.49. The lowest BCUT2D eigenvalue weighted by Gasteiger charge is -2.23. The summed E-state index contributed by atoms with van der Waals surface area (Å²) in [6, 6.07) is 3.59. The molecule has 0 fully saturated rings. The summed E-state index contributed by atoms with van der Waals surface area (Å²) in [6.45, 7) is -0.353. The molecule has 2 aromatic rings. The van der Waals surface area contributed by atoms with Crippen LogP contribution in [0.1, 0.15) is 34.3 Å². The fraction of sp³-hybridized carbons (Fsp3) is 0.304. The van der Waals surface area contributed by atoms with Gasteiger partial charge in [0.25, 0.3) is 5.91 Å². The molecular formula is C23H17BrCl3F7N2O2. The highest BCUT2D eigenvalue weighted by molar-refractivity contribution is 9.10. The van der Waals surface area contributed by atoms with E-state index < -0.39 is 54.1 Å². The number of hydrogen-bond acceptors (Lipinski definition) is 2. The Morgan fingerprint density at radius 1 is 1.05 bits per heavy atom. The van der Waals surface area contributed by atoms with E-state index in [-0.39, 0.29) is 30.7 Å². The molecule has 4 nitrogen and oxygen atoms in total. The summed E-state index contributed by atoms with van der Waals surface area (Å²) in [5.41, 5.74) is -0.942. The van der Waals surface area contributed by atoms with Crippen molar-refractivity contribution in [2.24, 2.45) is 0 Å². The summed E-state index contributed by atoms with van der Waals surface area (Å²) < 4.78 is 93.6. The predicted molar refractivity (Wildman–Crippen MR) is 134 cm³/mol. The summed E-state index contributed by atoms with van der Waals surface area (Å²) in [5.74, 6) is -5.65. The van der Waals surface area contributed by atoms with Gasteiger partial charge in [0.05, 0.1) is 20.6 Å². The normalized spacial score (nSPS) is 14.2. The molecule has 0 aliphatic heterocycles. The lowest BCUT2D eigenvalue weighted by atomic mass is 9.96. The van der Waals surface area contributed by atoms with Crippen LogP contribution in [0.3, 0.4) is 0 Å². The van der Waals surface area contributed by atoms with Gasteiger partial charge >= 0.3 is 12.4 Å². The highest BCUT2D eigenvalue weighted by Gasteiger charge is 2.40. The van der Waals surface area contributed by atoms with E-state index in [1.807, 2.05) is 0 Å². The number of alkyl halides is 6. The molecule has 0 saturated heterocycles. The molecule has 2 amide bonds. The Balaban J connectivity index is 2.29. The summed E-state index contributed by atoms with van der Waals surface area (Å²) in [5, 5.41) is 1.54. The van der Waals surface area contributed by atoms with Crippen molar-refractivity contribution in [2.45, 2.75) is 31.2 Å². The third-order valence-corrected chi connectivity index (χ3v) is 6.88. The molecule has 0 aliphatic rings. The van der Waals surface area contributed by atoms with Crippen LogP contribution in [0.15, 0.2) is 40.9 Å². The minimum absolute atomic E-state index is 0.0551. The van der Waals surface area contributed by atoms with Gasteiger partial charge in [-0.2, -0.15) is 26.3 Å². The van der Waals surface area contributed by atoms with Gasteiger partial charge in [-0.25, -0.2) is 4.39 Å². The number of carbonyl (C=O) groups excluding carboxylic acids is 2. The second-order valence-corrected chi connectivity index (χ2v) is 10.1. The Labute approximate surface area is 235 Å². The number of amides is 2. The van der Waals surface area contributed by atoms with Crippen LogP contribution >= 0.6 is 50.7 Å². The summed E-state index contributed by atoms with van der Waals surface area (Å²) in [7, 11) is 0.915. The molecule has 1 N–H and O–H groups in total. The monoisotopic (exact) mass is 670 g/mol. The third-order valence-electron chi connectivity index (χ3n) is 5.03. The molecule has 0 heterocycles. The first-order valence-electron chi connectivity index (χ1n) is 10.3. The van der Waals surface area contributed by atoms with E-state index in [1.54, 1.807) is 0 Å². The van der Waals surface area contributed by atoms with Gasteiger partial charge in [-0.05, 0) is 58.8 Å². The lowest BCUT2D eigenvalue weighted by molar-refractivity contribution is -0.159. The number of halogens is 11. The number of nitrogens with one attached hydrogen (secondary N) is 1. The van der Waals surface area contributed by atoms with E-state index in [0.717, 1.165) is 37.4 Å². The molecule has 1 unspecified atom stereocenters. The van der Waals surface area contributed by atoms with Crippen molar-refractivity contribution in [2.75, 3.05) is 13.6 Å². The molecule has 0 bridgehead atoms. The zero-order valence-electron chi connectivity index (χ0n) is 19.2. The topological polar surface area (TPSA) is 49.4 Å². The minimum Gasteiger partial charge on any atom is -0.340 e. The summed E-state index contributed by atoms with van der Waals surface area (Å²) in [4.78, 5) is 25.0. The van der Waals surface area contributed by atoms with Crippen molar-refractivity contribution in [1.29, 1.82) is 0 Å². The average molecular weight is 673 g/mol. The van der Waals surface area contributed by atoms with Crippen LogP contribution in [0, 0.1) is 0 Å². The van der Waals surface area contributed by atoms with Crippen molar-refractivity contribution < 1.29 is 40.3 Å². The largest absolute Gasteiger partial charge is 0.406 e. The van der Waals surface area contributed by atoms with Gasteiger partial charge in [-0.3, -0.25) is 9.59 Å². The maximum Gasteiger partial charge on any atom is 0.406 e. The van der Waals surface area contributed by atoms with Crippen molar-refractivity contribution in [3.8, 4) is 0 Å². The van der Waals surface area contributed by atoms with Gasteiger partial charge in [-0.15, -0.1) is 0 Å². The van der Waals surface area contributed by atoms with Crippen LogP contribution < -0.4 is 5.32 Å². The van der Waals surface area contributed by atoms with Crippen molar-refractivity contribution in [1.82, 2.24) is 10.2 Å². The van der Waals surface area contributed by atoms with Crippen molar-refractivity contribution in [3.63, 3.8) is 0 Å². The van der Waals surface area contributed by atoms with Crippen LogP contribution in [0.2, 0.25) is 15.1 Å². The molecule has 0 saturated carbocycles. The van der Waals surface area contributed by atoms with Gasteiger partial charge in [0.2, 0.25) is 5.91 Å². The first-order valence-corrected chi connectivity index (χ1v) is 12.3. The van der Waals surface area contributed by atoms with Gasteiger partial charge < -0.3 is 10.2 Å². The first kappa shape index (κ1) is 32.2. The van der Waals surface area contributed by atoms with E-state index >= 15 is 0 Å². The van der Waals surface area contributed by atoms with Crippen molar-refractivity contribution in [3.05, 3.63) is 72.6 Å². The molecule has 0 aromatic heterocycles. The maximum atomic E-state index is 14.9. The molecule has 38 heavy (non-hydrogen) atoms. The second kappa shape index (κ2) is 12.4. The smallest absolute Gasteiger partial charge is 0.340 e. The number of benzene rings is 2. The van der Waals surface area contributed by atoms with E-state index in [4.69, 9.17) is 34.8 Å². The maximum absolute atomic E-state index is 14.9. The first-order chi connectivity index (χ1) is 17.3. The zero-order chi connectivity index (χ0) is 29.2. The second-order valence-electron chi connectivity index (χ2n) is 8.03.